The van der Waals surface area contributed by atoms with Gasteiger partial charge in [-0.1, -0.05) is 11.8 Å². The summed E-state index contributed by atoms with van der Waals surface area (Å²) in [5.41, 5.74) is 0.294. The summed E-state index contributed by atoms with van der Waals surface area (Å²) >= 11 is 1.64. The van der Waals surface area contributed by atoms with E-state index in [1.165, 1.54) is 0 Å². The molecule has 1 atom stereocenters. The van der Waals surface area contributed by atoms with Gasteiger partial charge in [0.15, 0.2) is 5.50 Å². The standard InChI is InChI=1S/C6H8N2OS.Al.Li.4H/c9-4-5-3-8-2-1-7-6(8)10-5;;;;;;/h1-3,6-7,9H,4H2;;;;;;/q;+3;+1;4*-1. The maximum Gasteiger partial charge on any atom is 3.00 e. The van der Waals surface area contributed by atoms with Crippen LogP contribution >= 0.6 is 11.8 Å². The van der Waals surface area contributed by atoms with Gasteiger partial charge in [0.1, 0.15) is 0 Å². The van der Waals surface area contributed by atoms with Gasteiger partial charge in [0, 0.05) is 23.5 Å². The van der Waals surface area contributed by atoms with E-state index in [-0.39, 0.29) is 48.5 Å². The molecule has 0 aromatic rings. The van der Waals surface area contributed by atoms with Crippen LogP contribution in [0, 0.1) is 0 Å². The summed E-state index contributed by atoms with van der Waals surface area (Å²) in [5.74, 6) is 0. The predicted molar refractivity (Wildman–Crippen MR) is 50.9 cm³/mol. The van der Waals surface area contributed by atoms with Gasteiger partial charge < -0.3 is 21.0 Å². The molecule has 0 saturated carbocycles. The monoisotopic (exact) mass is 194 g/mol. The van der Waals surface area contributed by atoms with Crippen molar-refractivity contribution in [3.63, 3.8) is 0 Å². The van der Waals surface area contributed by atoms with Gasteiger partial charge in [-0.2, -0.15) is 0 Å². The van der Waals surface area contributed by atoms with Crippen LogP contribution in [0.15, 0.2) is 23.5 Å². The Morgan fingerprint density at radius 1 is 1.75 bits per heavy atom. The number of aliphatic hydroxyl groups is 1. The van der Waals surface area contributed by atoms with Crippen molar-refractivity contribution in [2.24, 2.45) is 0 Å². The molecule has 0 aliphatic carbocycles. The van der Waals surface area contributed by atoms with E-state index in [1.807, 2.05) is 23.5 Å². The third-order valence-electron chi connectivity index (χ3n) is 1.47. The number of thioether (sulfide) groups is 1. The fourth-order valence-corrected chi connectivity index (χ4v) is 1.94. The van der Waals surface area contributed by atoms with Gasteiger partial charge in [0.2, 0.25) is 0 Å². The fraction of sp³-hybridized carbons (Fsp3) is 0.333. The molecule has 0 spiro atoms. The van der Waals surface area contributed by atoms with Crippen LogP contribution in [0.25, 0.3) is 0 Å². The molecule has 62 valence electrons. The van der Waals surface area contributed by atoms with Gasteiger partial charge in [0.05, 0.1) is 6.61 Å². The Labute approximate surface area is 105 Å². The normalized spacial score (nSPS) is 23.6. The third kappa shape index (κ3) is 2.26. The zero-order valence-corrected chi connectivity index (χ0v) is 8.87. The van der Waals surface area contributed by atoms with Crippen LogP contribution < -0.4 is 24.2 Å². The first kappa shape index (κ1) is 12.5. The number of nitrogens with one attached hydrogen (secondary N) is 1. The molecule has 2 aliphatic rings. The van der Waals surface area contributed by atoms with Crippen molar-refractivity contribution in [1.29, 1.82) is 0 Å². The summed E-state index contributed by atoms with van der Waals surface area (Å²) in [6.45, 7) is 0.146. The minimum atomic E-state index is 0. The second kappa shape index (κ2) is 5.29. The second-order valence-corrected chi connectivity index (χ2v) is 3.36. The van der Waals surface area contributed by atoms with Crippen LogP contribution in [0.1, 0.15) is 5.71 Å². The summed E-state index contributed by atoms with van der Waals surface area (Å²) in [7, 11) is 0. The summed E-state index contributed by atoms with van der Waals surface area (Å²) in [6.07, 6.45) is 5.81. The number of fused-ring (bicyclic) bond motifs is 1. The molecule has 2 heterocycles. The minimum Gasteiger partial charge on any atom is -1.00 e. The Morgan fingerprint density at radius 2 is 2.50 bits per heavy atom. The van der Waals surface area contributed by atoms with E-state index in [0.29, 0.717) is 5.50 Å². The van der Waals surface area contributed by atoms with Crippen molar-refractivity contribution >= 4 is 29.1 Å². The maximum absolute atomic E-state index is 8.75. The Balaban J connectivity index is -0.0000000672. The van der Waals surface area contributed by atoms with E-state index in [9.17, 15) is 0 Å². The molecule has 6 heteroatoms. The van der Waals surface area contributed by atoms with E-state index >= 15 is 0 Å². The molecule has 0 fully saturated rings. The van der Waals surface area contributed by atoms with Gasteiger partial charge in [-0.3, -0.25) is 0 Å². The molecule has 2 aliphatic heterocycles. The predicted octanol–water partition coefficient (Wildman–Crippen LogP) is -2.70. The van der Waals surface area contributed by atoms with Crippen LogP contribution in [0.3, 0.4) is 0 Å². The van der Waals surface area contributed by atoms with Crippen LogP contribution in [0.5, 0.6) is 0 Å². The number of nitrogens with zero attached hydrogens (tertiary/aromatic N) is 1. The maximum atomic E-state index is 8.75. The van der Waals surface area contributed by atoms with Crippen molar-refractivity contribution in [2.75, 3.05) is 6.61 Å². The number of hydrogen-bond acceptors (Lipinski definition) is 4. The second-order valence-electron chi connectivity index (χ2n) is 2.15. The zero-order chi connectivity index (χ0) is 6.97. The van der Waals surface area contributed by atoms with Crippen LogP contribution in [0.2, 0.25) is 0 Å². The molecule has 0 saturated heterocycles. The van der Waals surface area contributed by atoms with Gasteiger partial charge in [-0.15, -0.1) is 0 Å². The third-order valence-corrected chi connectivity index (χ3v) is 2.61. The number of rotatable bonds is 1. The minimum absolute atomic E-state index is 0. The van der Waals surface area contributed by atoms with Gasteiger partial charge in [-0.25, -0.2) is 0 Å². The molecule has 12 heavy (non-hydrogen) atoms. The van der Waals surface area contributed by atoms with Crippen molar-refractivity contribution in [3.05, 3.63) is 23.5 Å². The molecule has 0 aromatic heterocycles. The molecule has 2 N–H and O–H groups in total. The van der Waals surface area contributed by atoms with Crippen LogP contribution in [-0.2, 0) is 0 Å². The van der Waals surface area contributed by atoms with Crippen LogP contribution in [-0.4, -0.2) is 39.5 Å². The van der Waals surface area contributed by atoms with E-state index in [1.54, 1.807) is 11.8 Å². The Bertz CT molecular complexity index is 225. The first-order valence-corrected chi connectivity index (χ1v) is 3.96. The Morgan fingerprint density at radius 3 is 3.08 bits per heavy atom. The molecule has 0 bridgehead atoms. The van der Waals surface area contributed by atoms with Crippen molar-refractivity contribution in [3.8, 4) is 0 Å². The molecule has 1 unspecified atom stereocenters. The molecule has 2 rings (SSSR count). The molecule has 0 aromatic carbocycles. The summed E-state index contributed by atoms with van der Waals surface area (Å²) in [6, 6.07) is 0. The van der Waals surface area contributed by atoms with Crippen molar-refractivity contribution in [2.45, 2.75) is 5.50 Å². The molecular weight excluding hydrogens is 182 g/mol. The quantitative estimate of drug-likeness (QED) is 0.445. The first-order valence-electron chi connectivity index (χ1n) is 3.08. The molecule has 0 radical (unpaired) electrons. The van der Waals surface area contributed by atoms with Gasteiger partial charge >= 0.3 is 36.2 Å². The first-order chi connectivity index (χ1) is 4.90. The average molecular weight is 194 g/mol. The average Bonchev–Trinajstić information content (AvgIpc) is 2.42. The number of aliphatic hydroxyl groups excluding tert-OH is 1. The van der Waals surface area contributed by atoms with Crippen LogP contribution in [0.4, 0.5) is 0 Å². The zero-order valence-electron chi connectivity index (χ0n) is 10.9. The molecular formula is C6H12AlLiN2OS. The summed E-state index contributed by atoms with van der Waals surface area (Å²) in [4.78, 5) is 3.05. The van der Waals surface area contributed by atoms with Gasteiger partial charge in [0.25, 0.3) is 0 Å². The molecule has 0 amide bonds. The summed E-state index contributed by atoms with van der Waals surface area (Å²) in [5, 5.41) is 11.9. The Kier molecular flexibility index (Phi) is 5.52. The SMILES string of the molecule is OCC1=CN2C=CNC2S1.[Al+3].[H-].[H-].[H-].[H-].[Li+]. The summed E-state index contributed by atoms with van der Waals surface area (Å²) < 4.78 is 0. The smallest absolute Gasteiger partial charge is 1.00 e. The van der Waals surface area contributed by atoms with E-state index in [0.717, 1.165) is 4.91 Å². The van der Waals surface area contributed by atoms with E-state index in [2.05, 4.69) is 5.32 Å². The van der Waals surface area contributed by atoms with E-state index < -0.39 is 0 Å². The number of hydrogen-bond donors (Lipinski definition) is 2. The van der Waals surface area contributed by atoms with Crippen molar-refractivity contribution < 1.29 is 29.7 Å². The topological polar surface area (TPSA) is 35.5 Å². The van der Waals surface area contributed by atoms with Crippen molar-refractivity contribution in [1.82, 2.24) is 10.2 Å². The fourth-order valence-electron chi connectivity index (χ4n) is 0.999. The van der Waals surface area contributed by atoms with E-state index in [4.69, 9.17) is 5.11 Å². The largest absolute Gasteiger partial charge is 3.00 e. The Hall–Kier alpha value is 0.520. The molecule has 3 nitrogen and oxygen atoms in total. The van der Waals surface area contributed by atoms with Gasteiger partial charge in [-0.05, 0) is 0 Å².